The Hall–Kier alpha value is -0.120. The monoisotopic (exact) mass is 201 g/mol. The second-order valence-electron chi connectivity index (χ2n) is 4.28. The van der Waals surface area contributed by atoms with Crippen molar-refractivity contribution in [2.75, 3.05) is 13.7 Å². The first kappa shape index (κ1) is 12.0. The zero-order valence-electron chi connectivity index (χ0n) is 9.37. The van der Waals surface area contributed by atoms with Gasteiger partial charge in [0.05, 0.1) is 12.2 Å². The van der Waals surface area contributed by atoms with Gasteiger partial charge in [-0.25, -0.2) is 0 Å². The highest BCUT2D eigenvalue weighted by atomic mass is 16.5. The summed E-state index contributed by atoms with van der Waals surface area (Å²) in [6.07, 6.45) is 6.22. The Labute approximate surface area is 86.9 Å². The van der Waals surface area contributed by atoms with Crippen LogP contribution in [-0.2, 0) is 9.47 Å². The first-order valence-corrected chi connectivity index (χ1v) is 5.62. The molecule has 2 N–H and O–H groups in total. The number of nitrogens with two attached hydrogens (primary N) is 1. The van der Waals surface area contributed by atoms with E-state index >= 15 is 0 Å². The summed E-state index contributed by atoms with van der Waals surface area (Å²) in [7, 11) is 1.73. The second kappa shape index (κ2) is 6.38. The molecule has 0 heterocycles. The highest BCUT2D eigenvalue weighted by Gasteiger charge is 2.21. The van der Waals surface area contributed by atoms with E-state index in [0.29, 0.717) is 18.2 Å². The molecule has 1 aliphatic carbocycles. The maximum Gasteiger partial charge on any atom is 0.0593 e. The van der Waals surface area contributed by atoms with Crippen LogP contribution in [-0.4, -0.2) is 32.0 Å². The summed E-state index contributed by atoms with van der Waals surface area (Å²) in [6.45, 7) is 2.89. The summed E-state index contributed by atoms with van der Waals surface area (Å²) in [5.41, 5.74) is 5.90. The van der Waals surface area contributed by atoms with E-state index in [2.05, 4.69) is 6.92 Å². The highest BCUT2D eigenvalue weighted by Crippen LogP contribution is 2.21. The zero-order valence-corrected chi connectivity index (χ0v) is 9.37. The van der Waals surface area contributed by atoms with Crippen molar-refractivity contribution >= 4 is 0 Å². The fourth-order valence-corrected chi connectivity index (χ4v) is 1.99. The minimum atomic E-state index is 0.297. The van der Waals surface area contributed by atoms with E-state index < -0.39 is 0 Å². The summed E-state index contributed by atoms with van der Waals surface area (Å²) in [5, 5.41) is 0. The topological polar surface area (TPSA) is 44.5 Å². The van der Waals surface area contributed by atoms with Gasteiger partial charge < -0.3 is 15.2 Å². The quantitative estimate of drug-likeness (QED) is 0.736. The van der Waals surface area contributed by atoms with Gasteiger partial charge in [0.15, 0.2) is 0 Å². The minimum absolute atomic E-state index is 0.297. The first-order chi connectivity index (χ1) is 6.72. The van der Waals surface area contributed by atoms with Gasteiger partial charge in [0.25, 0.3) is 0 Å². The molecule has 0 spiro atoms. The molecule has 0 amide bonds. The minimum Gasteiger partial charge on any atom is -0.385 e. The summed E-state index contributed by atoms with van der Waals surface area (Å²) < 4.78 is 10.9. The van der Waals surface area contributed by atoms with Crippen molar-refractivity contribution in [1.29, 1.82) is 0 Å². The third kappa shape index (κ3) is 4.40. The second-order valence-corrected chi connectivity index (χ2v) is 4.28. The molecule has 84 valence electrons. The summed E-state index contributed by atoms with van der Waals surface area (Å²) >= 11 is 0. The van der Waals surface area contributed by atoms with Crippen LogP contribution in [0.1, 0.15) is 39.0 Å². The van der Waals surface area contributed by atoms with Crippen LogP contribution in [0.3, 0.4) is 0 Å². The van der Waals surface area contributed by atoms with Crippen LogP contribution in [0.15, 0.2) is 0 Å². The predicted octanol–water partition coefficient (Wildman–Crippen LogP) is 1.70. The van der Waals surface area contributed by atoms with Crippen molar-refractivity contribution in [1.82, 2.24) is 0 Å². The Bertz CT molecular complexity index is 152. The number of rotatable bonds is 5. The van der Waals surface area contributed by atoms with Gasteiger partial charge in [0, 0.05) is 19.8 Å². The van der Waals surface area contributed by atoms with E-state index in [1.54, 1.807) is 7.11 Å². The lowest BCUT2D eigenvalue weighted by Gasteiger charge is -2.29. The Balaban J connectivity index is 2.15. The van der Waals surface area contributed by atoms with Crippen molar-refractivity contribution in [3.63, 3.8) is 0 Å². The van der Waals surface area contributed by atoms with Crippen LogP contribution >= 0.6 is 0 Å². The van der Waals surface area contributed by atoms with Crippen molar-refractivity contribution in [2.45, 2.75) is 57.3 Å². The molecule has 0 saturated heterocycles. The molecule has 0 aromatic rings. The number of hydrogen-bond acceptors (Lipinski definition) is 3. The van der Waals surface area contributed by atoms with E-state index in [1.165, 1.54) is 12.8 Å². The Kier molecular flexibility index (Phi) is 5.45. The van der Waals surface area contributed by atoms with Crippen LogP contribution in [0.5, 0.6) is 0 Å². The van der Waals surface area contributed by atoms with Gasteiger partial charge in [-0.05, 0) is 39.0 Å². The molecule has 0 radical (unpaired) electrons. The smallest absolute Gasteiger partial charge is 0.0593 e. The predicted molar refractivity (Wildman–Crippen MR) is 57.3 cm³/mol. The van der Waals surface area contributed by atoms with Crippen LogP contribution in [0.2, 0.25) is 0 Å². The maximum atomic E-state index is 5.90. The van der Waals surface area contributed by atoms with Gasteiger partial charge in [0.1, 0.15) is 0 Å². The molecule has 3 heteroatoms. The van der Waals surface area contributed by atoms with Crippen molar-refractivity contribution < 1.29 is 9.47 Å². The summed E-state index contributed by atoms with van der Waals surface area (Å²) in [6, 6.07) is 0.350. The highest BCUT2D eigenvalue weighted by molar-refractivity contribution is 4.76. The lowest BCUT2D eigenvalue weighted by molar-refractivity contribution is -0.0354. The lowest BCUT2D eigenvalue weighted by atomic mass is 9.93. The van der Waals surface area contributed by atoms with E-state index in [1.807, 2.05) is 0 Å². The van der Waals surface area contributed by atoms with Crippen molar-refractivity contribution in [2.24, 2.45) is 5.73 Å². The van der Waals surface area contributed by atoms with Crippen LogP contribution in [0.4, 0.5) is 0 Å². The average molecular weight is 201 g/mol. The molecule has 1 saturated carbocycles. The fraction of sp³-hybridized carbons (Fsp3) is 1.00. The third-order valence-corrected chi connectivity index (χ3v) is 2.82. The van der Waals surface area contributed by atoms with E-state index in [4.69, 9.17) is 15.2 Å². The summed E-state index contributed by atoms with van der Waals surface area (Å²) in [5.74, 6) is 0. The molecule has 0 aromatic carbocycles. The Morgan fingerprint density at radius 3 is 2.86 bits per heavy atom. The van der Waals surface area contributed by atoms with Gasteiger partial charge in [0.2, 0.25) is 0 Å². The normalized spacial score (nSPS) is 30.2. The van der Waals surface area contributed by atoms with Gasteiger partial charge in [-0.3, -0.25) is 0 Å². The lowest BCUT2D eigenvalue weighted by Crippen LogP contribution is -2.34. The first-order valence-electron chi connectivity index (χ1n) is 5.62. The average Bonchev–Trinajstić information content (AvgIpc) is 2.15. The molecular weight excluding hydrogens is 178 g/mol. The molecule has 3 atom stereocenters. The van der Waals surface area contributed by atoms with Crippen molar-refractivity contribution in [3.05, 3.63) is 0 Å². The van der Waals surface area contributed by atoms with Gasteiger partial charge in [-0.1, -0.05) is 0 Å². The fourth-order valence-electron chi connectivity index (χ4n) is 1.99. The maximum absolute atomic E-state index is 5.90. The third-order valence-electron chi connectivity index (χ3n) is 2.82. The molecule has 3 nitrogen and oxygen atoms in total. The molecule has 0 aromatic heterocycles. The van der Waals surface area contributed by atoms with Gasteiger partial charge in [-0.2, -0.15) is 0 Å². The van der Waals surface area contributed by atoms with Crippen molar-refractivity contribution in [3.8, 4) is 0 Å². The molecule has 1 aliphatic rings. The number of hydrogen-bond donors (Lipinski definition) is 1. The van der Waals surface area contributed by atoms with Crippen LogP contribution < -0.4 is 5.73 Å². The largest absolute Gasteiger partial charge is 0.385 e. The molecule has 14 heavy (non-hydrogen) atoms. The number of methoxy groups -OCH3 is 1. The van der Waals surface area contributed by atoms with E-state index in [9.17, 15) is 0 Å². The number of ether oxygens (including phenoxy) is 2. The zero-order chi connectivity index (χ0) is 10.4. The molecule has 1 rings (SSSR count). The molecule has 0 bridgehead atoms. The summed E-state index contributed by atoms with van der Waals surface area (Å²) in [4.78, 5) is 0. The molecule has 3 unspecified atom stereocenters. The van der Waals surface area contributed by atoms with Crippen LogP contribution in [0.25, 0.3) is 0 Å². The Morgan fingerprint density at radius 2 is 2.21 bits per heavy atom. The molecule has 0 aliphatic heterocycles. The SMILES string of the molecule is COCCC(C)OC1CCCC(N)C1. The van der Waals surface area contributed by atoms with Crippen LogP contribution in [0, 0.1) is 0 Å². The van der Waals surface area contributed by atoms with E-state index in [-0.39, 0.29) is 0 Å². The molecule has 1 fully saturated rings. The Morgan fingerprint density at radius 1 is 1.43 bits per heavy atom. The standard InChI is InChI=1S/C11H23NO2/c1-9(6-7-13-2)14-11-5-3-4-10(12)8-11/h9-11H,3-8,12H2,1-2H3. The van der Waals surface area contributed by atoms with E-state index in [0.717, 1.165) is 25.9 Å². The van der Waals surface area contributed by atoms with Gasteiger partial charge in [-0.15, -0.1) is 0 Å². The van der Waals surface area contributed by atoms with Gasteiger partial charge >= 0.3 is 0 Å². The molecular formula is C11H23NO2.